The highest BCUT2D eigenvalue weighted by atomic mass is 35.5. The van der Waals surface area contributed by atoms with Gasteiger partial charge in [-0.25, -0.2) is 0 Å². The van der Waals surface area contributed by atoms with Crippen LogP contribution in [-0.2, 0) is 11.3 Å². The molecule has 0 bridgehead atoms. The van der Waals surface area contributed by atoms with Crippen LogP contribution in [0.3, 0.4) is 0 Å². The number of nitrogens with zero attached hydrogens (tertiary/aromatic N) is 2. The van der Waals surface area contributed by atoms with Gasteiger partial charge in [-0.1, -0.05) is 6.07 Å². The molecule has 2 aliphatic rings. The molecule has 1 unspecified atom stereocenters. The first-order chi connectivity index (χ1) is 9.75. The van der Waals surface area contributed by atoms with Crippen molar-refractivity contribution in [3.8, 4) is 0 Å². The number of aromatic nitrogens is 1. The summed E-state index contributed by atoms with van der Waals surface area (Å²) in [5.41, 5.74) is 1.29. The molecule has 124 valence electrons. The van der Waals surface area contributed by atoms with Crippen molar-refractivity contribution in [2.24, 2.45) is 11.3 Å². The van der Waals surface area contributed by atoms with E-state index in [9.17, 15) is 4.79 Å². The topological polar surface area (TPSA) is 45.2 Å². The smallest absolute Gasteiger partial charge is 0.226 e. The Balaban J connectivity index is 0.00000121. The molecule has 0 radical (unpaired) electrons. The van der Waals surface area contributed by atoms with Crippen LogP contribution < -0.4 is 5.32 Å². The van der Waals surface area contributed by atoms with E-state index in [1.165, 1.54) is 0 Å². The van der Waals surface area contributed by atoms with Gasteiger partial charge in [0.1, 0.15) is 0 Å². The highest BCUT2D eigenvalue weighted by molar-refractivity contribution is 5.85. The number of carbonyl (C=O) groups is 1. The summed E-state index contributed by atoms with van der Waals surface area (Å²) < 4.78 is 0. The largest absolute Gasteiger partial charge is 0.337 e. The van der Waals surface area contributed by atoms with Crippen LogP contribution in [0.5, 0.6) is 0 Å². The third kappa shape index (κ3) is 3.92. The average Bonchev–Trinajstić information content (AvgIpc) is 3.19. The molecule has 1 saturated heterocycles. The van der Waals surface area contributed by atoms with Crippen molar-refractivity contribution < 1.29 is 4.79 Å². The summed E-state index contributed by atoms with van der Waals surface area (Å²) in [5, 5.41) is 3.39. The summed E-state index contributed by atoms with van der Waals surface area (Å²) in [6.07, 6.45) is 5.19. The van der Waals surface area contributed by atoms with Gasteiger partial charge in [0.15, 0.2) is 0 Å². The fourth-order valence-corrected chi connectivity index (χ4v) is 3.43. The van der Waals surface area contributed by atoms with Crippen LogP contribution in [0.25, 0.3) is 0 Å². The van der Waals surface area contributed by atoms with Crippen LogP contribution >= 0.6 is 24.8 Å². The minimum atomic E-state index is 0. The van der Waals surface area contributed by atoms with Gasteiger partial charge in [0, 0.05) is 18.7 Å². The Morgan fingerprint density at radius 2 is 2.09 bits per heavy atom. The van der Waals surface area contributed by atoms with E-state index in [-0.39, 0.29) is 30.7 Å². The molecule has 1 aromatic rings. The first-order valence-corrected chi connectivity index (χ1v) is 7.64. The van der Waals surface area contributed by atoms with Gasteiger partial charge in [0.2, 0.25) is 5.91 Å². The van der Waals surface area contributed by atoms with E-state index in [0.29, 0.717) is 17.9 Å². The van der Waals surface area contributed by atoms with Crippen molar-refractivity contribution in [2.75, 3.05) is 19.6 Å². The molecular formula is C16H25Cl2N3O. The number of rotatable bonds is 4. The lowest BCUT2D eigenvalue weighted by Gasteiger charge is -2.26. The Morgan fingerprint density at radius 3 is 2.68 bits per heavy atom. The number of halogens is 2. The van der Waals surface area contributed by atoms with Gasteiger partial charge in [-0.05, 0) is 56.8 Å². The highest BCUT2D eigenvalue weighted by Crippen LogP contribution is 2.59. The fourth-order valence-electron chi connectivity index (χ4n) is 3.43. The zero-order chi connectivity index (χ0) is 14.0. The maximum atomic E-state index is 12.7. The van der Waals surface area contributed by atoms with E-state index in [0.717, 1.165) is 44.6 Å². The third-order valence-electron chi connectivity index (χ3n) is 4.86. The second kappa shape index (κ2) is 8.14. The number of hydrogen-bond donors (Lipinski definition) is 1. The number of carbonyl (C=O) groups excluding carboxylic acids is 1. The lowest BCUT2D eigenvalue weighted by Crippen LogP contribution is -2.36. The summed E-state index contributed by atoms with van der Waals surface area (Å²) in [6, 6.07) is 5.88. The third-order valence-corrected chi connectivity index (χ3v) is 4.86. The zero-order valence-corrected chi connectivity index (χ0v) is 14.6. The van der Waals surface area contributed by atoms with E-state index in [1.807, 2.05) is 23.1 Å². The molecule has 1 saturated carbocycles. The fraction of sp³-hybridized carbons (Fsp3) is 0.625. The molecule has 1 aliphatic heterocycles. The molecule has 1 spiro atoms. The minimum absolute atomic E-state index is 0. The molecule has 3 rings (SSSR count). The summed E-state index contributed by atoms with van der Waals surface area (Å²) in [7, 11) is 0. The summed E-state index contributed by atoms with van der Waals surface area (Å²) in [5.74, 6) is 0.591. The van der Waals surface area contributed by atoms with E-state index < -0.39 is 0 Å². The molecule has 1 atom stereocenters. The standard InChI is InChI=1S/C16H23N3O.2ClH/c1-2-19(12-13-5-3-4-8-18-13)15(20)14-11-16(14)6-9-17-10-7-16;;/h3-5,8,14,17H,2,6-7,9-12H2,1H3;2*1H. The monoisotopic (exact) mass is 345 g/mol. The van der Waals surface area contributed by atoms with Crippen molar-refractivity contribution in [1.82, 2.24) is 15.2 Å². The second-order valence-corrected chi connectivity index (χ2v) is 6.04. The van der Waals surface area contributed by atoms with Crippen molar-refractivity contribution in [3.05, 3.63) is 30.1 Å². The maximum absolute atomic E-state index is 12.7. The Kier molecular flexibility index (Phi) is 7.10. The maximum Gasteiger partial charge on any atom is 0.226 e. The van der Waals surface area contributed by atoms with Crippen LogP contribution in [0.2, 0.25) is 0 Å². The Bertz CT molecular complexity index is 478. The molecule has 4 nitrogen and oxygen atoms in total. The Hall–Kier alpha value is -0.840. The van der Waals surface area contributed by atoms with Crippen molar-refractivity contribution in [1.29, 1.82) is 0 Å². The van der Waals surface area contributed by atoms with Crippen LogP contribution in [0.4, 0.5) is 0 Å². The molecule has 2 heterocycles. The number of piperidine rings is 1. The van der Waals surface area contributed by atoms with Gasteiger partial charge in [-0.2, -0.15) is 0 Å². The number of hydrogen-bond acceptors (Lipinski definition) is 3. The minimum Gasteiger partial charge on any atom is -0.337 e. The Labute approximate surface area is 144 Å². The highest BCUT2D eigenvalue weighted by Gasteiger charge is 2.58. The molecular weight excluding hydrogens is 321 g/mol. The predicted octanol–water partition coefficient (Wildman–Crippen LogP) is 2.66. The van der Waals surface area contributed by atoms with Crippen LogP contribution in [-0.4, -0.2) is 35.4 Å². The lowest BCUT2D eigenvalue weighted by molar-refractivity contribution is -0.134. The molecule has 6 heteroatoms. The predicted molar refractivity (Wildman–Crippen MR) is 92.5 cm³/mol. The molecule has 1 aromatic heterocycles. The first kappa shape index (κ1) is 19.2. The molecule has 1 amide bonds. The summed E-state index contributed by atoms with van der Waals surface area (Å²) in [4.78, 5) is 19.0. The van der Waals surface area contributed by atoms with Gasteiger partial charge in [-0.3, -0.25) is 9.78 Å². The van der Waals surface area contributed by atoms with Crippen molar-refractivity contribution >= 4 is 30.7 Å². The Morgan fingerprint density at radius 1 is 1.36 bits per heavy atom. The SMILES string of the molecule is CCN(Cc1ccccn1)C(=O)C1CC12CCNCC2.Cl.Cl. The van der Waals surface area contributed by atoms with Crippen LogP contribution in [0, 0.1) is 11.3 Å². The van der Waals surface area contributed by atoms with Crippen molar-refractivity contribution in [3.63, 3.8) is 0 Å². The normalized spacial score (nSPS) is 21.4. The molecule has 2 fully saturated rings. The quantitative estimate of drug-likeness (QED) is 0.912. The molecule has 1 aliphatic carbocycles. The second-order valence-electron chi connectivity index (χ2n) is 6.04. The average molecular weight is 346 g/mol. The number of pyridine rings is 1. The lowest BCUT2D eigenvalue weighted by atomic mass is 9.91. The van der Waals surface area contributed by atoms with Gasteiger partial charge in [0.05, 0.1) is 12.2 Å². The molecule has 1 N–H and O–H groups in total. The van der Waals surface area contributed by atoms with Crippen LogP contribution in [0.1, 0.15) is 31.9 Å². The van der Waals surface area contributed by atoms with Gasteiger partial charge < -0.3 is 10.2 Å². The van der Waals surface area contributed by atoms with Gasteiger partial charge in [0.25, 0.3) is 0 Å². The van der Waals surface area contributed by atoms with E-state index in [4.69, 9.17) is 0 Å². The summed E-state index contributed by atoms with van der Waals surface area (Å²) in [6.45, 7) is 5.59. The number of nitrogens with one attached hydrogen (secondary N) is 1. The van der Waals surface area contributed by atoms with Gasteiger partial charge >= 0.3 is 0 Å². The van der Waals surface area contributed by atoms with E-state index in [1.54, 1.807) is 6.20 Å². The van der Waals surface area contributed by atoms with Gasteiger partial charge in [-0.15, -0.1) is 24.8 Å². The van der Waals surface area contributed by atoms with Crippen molar-refractivity contribution in [2.45, 2.75) is 32.7 Å². The number of amides is 1. The molecule has 0 aromatic carbocycles. The zero-order valence-electron chi connectivity index (χ0n) is 13.0. The van der Waals surface area contributed by atoms with E-state index >= 15 is 0 Å². The van der Waals surface area contributed by atoms with Crippen LogP contribution in [0.15, 0.2) is 24.4 Å². The summed E-state index contributed by atoms with van der Waals surface area (Å²) >= 11 is 0. The first-order valence-electron chi connectivity index (χ1n) is 7.64. The molecule has 22 heavy (non-hydrogen) atoms. The van der Waals surface area contributed by atoms with E-state index in [2.05, 4.69) is 17.2 Å².